The summed E-state index contributed by atoms with van der Waals surface area (Å²) in [4.78, 5) is 8.41. The average molecular weight is 571 g/mol. The summed E-state index contributed by atoms with van der Waals surface area (Å²) in [5.41, 5.74) is 9.86. The van der Waals surface area contributed by atoms with E-state index in [-0.39, 0.29) is 37.6 Å². The fraction of sp³-hybridized carbons (Fsp3) is 0.353. The van der Waals surface area contributed by atoms with Crippen molar-refractivity contribution in [3.05, 3.63) is 130 Å². The average Bonchev–Trinajstić information content (AvgIpc) is 2.96. The molecule has 0 amide bonds. The number of hydrogen-bond acceptors (Lipinski definition) is 4. The number of aliphatic hydroxyl groups is 1. The summed E-state index contributed by atoms with van der Waals surface area (Å²) in [6.45, 7) is 10.1. The second-order valence-corrected chi connectivity index (χ2v) is 9.89. The zero-order valence-corrected chi connectivity index (χ0v) is 27.6. The molecule has 0 radical (unpaired) electrons. The van der Waals surface area contributed by atoms with Crippen LogP contribution in [0.15, 0.2) is 85.2 Å². The Kier molecular flexibility index (Phi) is 19.5. The molecule has 4 aromatic rings. The van der Waals surface area contributed by atoms with Crippen LogP contribution in [0.3, 0.4) is 0 Å². The molecule has 0 saturated carbocycles. The van der Waals surface area contributed by atoms with Gasteiger partial charge in [0, 0.05) is 42.9 Å². The standard InChI is InChI=1S/C17H21NO.C9H11Cl.C8H11NO.Na.H/c1-14-8-9-15(2)16(12-14)13-19-11-5-7-17-6-3-4-10-18-17;1-7-3-4-8(2)9(5-7)6-10;10-7-3-5-8-4-1-2-6-9-8;;/h3-4,6,8-10,12H,5,7,11,13H2,1-2H3;3-5H,6H2,1-2H3;1-2,4,6,10H,3,5,7H2;;/q;;;+1;-1. The maximum atomic E-state index is 8.50. The molecule has 0 unspecified atom stereocenters. The van der Waals surface area contributed by atoms with Gasteiger partial charge in [0.2, 0.25) is 0 Å². The molecule has 210 valence electrons. The van der Waals surface area contributed by atoms with Crippen molar-refractivity contribution in [3.8, 4) is 0 Å². The first-order valence-electron chi connectivity index (χ1n) is 13.6. The molecule has 4 nitrogen and oxygen atoms in total. The molecule has 0 aliphatic carbocycles. The Hall–Kier alpha value is -2.05. The molecule has 0 saturated heterocycles. The van der Waals surface area contributed by atoms with Crippen LogP contribution in [0.2, 0.25) is 0 Å². The summed E-state index contributed by atoms with van der Waals surface area (Å²) in [6, 6.07) is 24.7. The molecular weight excluding hydrogens is 527 g/mol. The Bertz CT molecular complexity index is 1210. The molecule has 0 spiro atoms. The van der Waals surface area contributed by atoms with E-state index in [1.807, 2.05) is 36.5 Å². The molecule has 0 fully saturated rings. The fourth-order valence-corrected chi connectivity index (χ4v) is 4.08. The number of nitrogens with zero attached hydrogens (tertiary/aromatic N) is 2. The van der Waals surface area contributed by atoms with Crippen LogP contribution in [0.4, 0.5) is 0 Å². The normalized spacial score (nSPS) is 9.95. The van der Waals surface area contributed by atoms with Crippen LogP contribution in [0.1, 0.15) is 59.0 Å². The van der Waals surface area contributed by atoms with Crippen molar-refractivity contribution < 1.29 is 40.8 Å². The number of hydrogen-bond donors (Lipinski definition) is 1. The van der Waals surface area contributed by atoms with E-state index >= 15 is 0 Å². The molecule has 2 aromatic heterocycles. The monoisotopic (exact) mass is 570 g/mol. The predicted molar refractivity (Wildman–Crippen MR) is 164 cm³/mol. The Morgan fingerprint density at radius 2 is 1.25 bits per heavy atom. The minimum absolute atomic E-state index is 0. The number of alkyl halides is 1. The van der Waals surface area contributed by atoms with Gasteiger partial charge in [-0.25, -0.2) is 0 Å². The van der Waals surface area contributed by atoms with Crippen molar-refractivity contribution in [1.29, 1.82) is 0 Å². The first kappa shape index (κ1) is 36.0. The van der Waals surface area contributed by atoms with Gasteiger partial charge in [0.05, 0.1) is 6.61 Å². The molecule has 2 heterocycles. The van der Waals surface area contributed by atoms with Crippen molar-refractivity contribution in [1.82, 2.24) is 9.97 Å². The topological polar surface area (TPSA) is 55.2 Å². The van der Waals surface area contributed by atoms with E-state index < -0.39 is 0 Å². The van der Waals surface area contributed by atoms with Gasteiger partial charge in [0.25, 0.3) is 0 Å². The summed E-state index contributed by atoms with van der Waals surface area (Å²) >= 11 is 5.70. The Labute approximate surface area is 270 Å². The molecule has 0 bridgehead atoms. The zero-order valence-electron chi connectivity index (χ0n) is 25.9. The second-order valence-electron chi connectivity index (χ2n) is 9.62. The van der Waals surface area contributed by atoms with Crippen LogP contribution in [0, 0.1) is 27.7 Å². The van der Waals surface area contributed by atoms with E-state index in [2.05, 4.69) is 80.1 Å². The van der Waals surface area contributed by atoms with Crippen LogP contribution in [-0.2, 0) is 30.1 Å². The summed E-state index contributed by atoms with van der Waals surface area (Å²) in [7, 11) is 0. The van der Waals surface area contributed by atoms with Gasteiger partial charge >= 0.3 is 29.6 Å². The van der Waals surface area contributed by atoms with Gasteiger partial charge in [0.15, 0.2) is 0 Å². The van der Waals surface area contributed by atoms with E-state index in [1.165, 1.54) is 33.4 Å². The van der Waals surface area contributed by atoms with Gasteiger partial charge in [-0.2, -0.15) is 0 Å². The number of aryl methyl sites for hydroxylation is 6. The predicted octanol–water partition coefficient (Wildman–Crippen LogP) is 5.01. The van der Waals surface area contributed by atoms with Crippen LogP contribution in [0.5, 0.6) is 0 Å². The van der Waals surface area contributed by atoms with Crippen LogP contribution >= 0.6 is 11.6 Å². The van der Waals surface area contributed by atoms with Crippen molar-refractivity contribution in [2.45, 2.75) is 65.9 Å². The van der Waals surface area contributed by atoms with Crippen molar-refractivity contribution in [2.75, 3.05) is 13.2 Å². The number of rotatable bonds is 10. The maximum Gasteiger partial charge on any atom is 1.00 e. The van der Waals surface area contributed by atoms with Crippen LogP contribution in [0.25, 0.3) is 0 Å². The van der Waals surface area contributed by atoms with Crippen LogP contribution in [-0.4, -0.2) is 28.3 Å². The van der Waals surface area contributed by atoms with Crippen molar-refractivity contribution in [2.24, 2.45) is 0 Å². The minimum Gasteiger partial charge on any atom is -1.00 e. The number of pyridine rings is 2. The second kappa shape index (κ2) is 21.7. The molecule has 0 atom stereocenters. The zero-order chi connectivity index (χ0) is 28.3. The third kappa shape index (κ3) is 15.1. The molecule has 40 heavy (non-hydrogen) atoms. The fourth-order valence-electron chi connectivity index (χ4n) is 3.79. The third-order valence-electron chi connectivity index (χ3n) is 6.18. The Morgan fingerprint density at radius 1 is 0.725 bits per heavy atom. The quantitative estimate of drug-likeness (QED) is 0.165. The smallest absolute Gasteiger partial charge is 1.00 e. The summed E-state index contributed by atoms with van der Waals surface area (Å²) in [5, 5.41) is 8.50. The number of ether oxygens (including phenoxy) is 1. The van der Waals surface area contributed by atoms with Crippen molar-refractivity contribution in [3.63, 3.8) is 0 Å². The van der Waals surface area contributed by atoms with E-state index in [9.17, 15) is 0 Å². The number of aliphatic hydroxyl groups excluding tert-OH is 1. The van der Waals surface area contributed by atoms with Crippen LogP contribution < -0.4 is 29.6 Å². The Balaban J connectivity index is 0.000000622. The van der Waals surface area contributed by atoms with Crippen molar-refractivity contribution >= 4 is 11.6 Å². The molecule has 2 aromatic carbocycles. The van der Waals surface area contributed by atoms with E-state index in [1.54, 1.807) is 6.20 Å². The summed E-state index contributed by atoms with van der Waals surface area (Å²) < 4.78 is 5.75. The van der Waals surface area contributed by atoms with E-state index in [0.29, 0.717) is 12.5 Å². The Morgan fingerprint density at radius 3 is 1.73 bits per heavy atom. The first-order valence-corrected chi connectivity index (χ1v) is 14.1. The van der Waals surface area contributed by atoms with E-state index in [0.717, 1.165) is 43.7 Å². The van der Waals surface area contributed by atoms with Gasteiger partial charge in [0.1, 0.15) is 0 Å². The van der Waals surface area contributed by atoms with Gasteiger partial charge in [-0.1, -0.05) is 59.7 Å². The van der Waals surface area contributed by atoms with Gasteiger partial charge in [-0.15, -0.1) is 11.6 Å². The third-order valence-corrected chi connectivity index (χ3v) is 6.46. The van der Waals surface area contributed by atoms with Gasteiger partial charge in [-0.3, -0.25) is 9.97 Å². The van der Waals surface area contributed by atoms with Gasteiger partial charge < -0.3 is 11.3 Å². The number of aromatic nitrogens is 2. The molecule has 4 rings (SSSR count). The molecule has 1 N–H and O–H groups in total. The summed E-state index contributed by atoms with van der Waals surface area (Å²) in [6.07, 6.45) is 7.28. The van der Waals surface area contributed by atoms with Gasteiger partial charge in [-0.05, 0) is 99.9 Å². The molecule has 0 aliphatic heterocycles. The number of benzene rings is 2. The summed E-state index contributed by atoms with van der Waals surface area (Å²) in [5.74, 6) is 0.619. The SMILES string of the molecule is Cc1ccc(C)c(CCl)c1.Cc1ccc(C)c(COCCCc2ccccn2)c1.OCCCc1ccccn1.[H-].[Na+]. The number of halogens is 1. The largest absolute Gasteiger partial charge is 1.00 e. The molecule has 6 heteroatoms. The molecule has 0 aliphatic rings. The minimum atomic E-state index is 0. The first-order chi connectivity index (χ1) is 18.9. The molecular formula is C34H44ClN2NaO2. The maximum absolute atomic E-state index is 8.50. The van der Waals surface area contributed by atoms with E-state index in [4.69, 9.17) is 21.4 Å².